The smallest absolute Gasteiger partial charge is 0.406 e. The maximum Gasteiger partial charge on any atom is 0.494 e. The second-order valence-corrected chi connectivity index (χ2v) is 4.70. The van der Waals surface area contributed by atoms with Crippen molar-refractivity contribution in [3.63, 3.8) is 0 Å². The molecule has 1 N–H and O–H groups in total. The molecule has 1 saturated heterocycles. The number of rotatable bonds is 3. The van der Waals surface area contributed by atoms with Gasteiger partial charge in [-0.3, -0.25) is 4.79 Å². The van der Waals surface area contributed by atoms with Gasteiger partial charge in [0.05, 0.1) is 0 Å². The molecule has 6 heteroatoms. The fourth-order valence-electron chi connectivity index (χ4n) is 1.94. The van der Waals surface area contributed by atoms with Crippen molar-refractivity contribution in [2.45, 2.75) is 0 Å². The lowest BCUT2D eigenvalue weighted by atomic mass is 9.78. The maximum atomic E-state index is 11.3. The number of carbonyl (C=O) groups is 1. The third-order valence-electron chi connectivity index (χ3n) is 3.10. The quantitative estimate of drug-likeness (QED) is 0.643. The molecule has 1 aliphatic rings. The summed E-state index contributed by atoms with van der Waals surface area (Å²) < 4.78 is 11.5. The summed E-state index contributed by atoms with van der Waals surface area (Å²) in [5.74, 6) is -0.233. The molecule has 0 spiro atoms. The van der Waals surface area contributed by atoms with Crippen molar-refractivity contribution in [2.24, 2.45) is 0 Å². The number of hydrogen-bond acceptors (Lipinski definition) is 4. The van der Waals surface area contributed by atoms with E-state index in [4.69, 9.17) is 9.31 Å². The van der Waals surface area contributed by atoms with E-state index in [1.807, 2.05) is 31.3 Å². The summed E-state index contributed by atoms with van der Waals surface area (Å²) in [6.07, 6.45) is 1.24. The van der Waals surface area contributed by atoms with Crippen LogP contribution in [0, 0.1) is 0 Å². The summed E-state index contributed by atoms with van der Waals surface area (Å²) in [5.41, 5.74) is 1.61. The van der Waals surface area contributed by atoms with Crippen LogP contribution in [-0.4, -0.2) is 51.3 Å². The minimum atomic E-state index is -0.385. The van der Waals surface area contributed by atoms with Crippen molar-refractivity contribution < 1.29 is 14.1 Å². The largest absolute Gasteiger partial charge is 0.494 e. The van der Waals surface area contributed by atoms with Gasteiger partial charge in [-0.25, -0.2) is 0 Å². The fourth-order valence-corrected chi connectivity index (χ4v) is 1.94. The van der Waals surface area contributed by atoms with Crippen molar-refractivity contribution in [2.75, 3.05) is 38.7 Å². The van der Waals surface area contributed by atoms with Crippen molar-refractivity contribution >= 4 is 24.2 Å². The summed E-state index contributed by atoms with van der Waals surface area (Å²) >= 11 is 0. The van der Waals surface area contributed by atoms with Gasteiger partial charge in [-0.15, -0.1) is 0 Å². The standard InChI is InChI=1S/C14H19BN2O3/c1-3-14(18)16-13-6-4-5-12(11-13)15-19-9-7-17(2)8-10-20-15/h3-6,11H,1,7-10H2,2H3,(H,16,18). The van der Waals surface area contributed by atoms with Crippen LogP contribution in [0.2, 0.25) is 0 Å². The summed E-state index contributed by atoms with van der Waals surface area (Å²) in [5, 5.41) is 2.73. The normalized spacial score (nSPS) is 17.1. The van der Waals surface area contributed by atoms with Crippen molar-refractivity contribution in [1.82, 2.24) is 4.90 Å². The molecule has 2 rings (SSSR count). The summed E-state index contributed by atoms with van der Waals surface area (Å²) in [6.45, 7) is 6.43. The molecule has 106 valence electrons. The third kappa shape index (κ3) is 4.20. The van der Waals surface area contributed by atoms with Gasteiger partial charge in [-0.05, 0) is 30.7 Å². The average Bonchev–Trinajstić information content (AvgIpc) is 2.43. The highest BCUT2D eigenvalue weighted by Crippen LogP contribution is 2.06. The molecule has 1 aromatic carbocycles. The second kappa shape index (κ2) is 7.24. The molecule has 1 fully saturated rings. The first-order chi connectivity index (χ1) is 9.69. The molecular formula is C14H19BN2O3. The summed E-state index contributed by atoms with van der Waals surface area (Å²) in [4.78, 5) is 13.5. The van der Waals surface area contributed by atoms with Crippen LogP contribution >= 0.6 is 0 Å². The number of carbonyl (C=O) groups excluding carboxylic acids is 1. The van der Waals surface area contributed by atoms with Gasteiger partial charge in [-0.2, -0.15) is 0 Å². The molecule has 5 nitrogen and oxygen atoms in total. The van der Waals surface area contributed by atoms with E-state index in [1.54, 1.807) is 0 Å². The van der Waals surface area contributed by atoms with Gasteiger partial charge < -0.3 is 19.5 Å². The number of nitrogens with zero attached hydrogens (tertiary/aromatic N) is 1. The molecule has 0 aromatic heterocycles. The Labute approximate surface area is 119 Å². The highest BCUT2D eigenvalue weighted by molar-refractivity contribution is 6.61. The SMILES string of the molecule is C=CC(=O)Nc1cccc(B2OCCN(C)CCO2)c1. The van der Waals surface area contributed by atoms with E-state index in [0.29, 0.717) is 18.9 Å². The van der Waals surface area contributed by atoms with Gasteiger partial charge in [0.25, 0.3) is 0 Å². The van der Waals surface area contributed by atoms with Gasteiger partial charge in [0.15, 0.2) is 0 Å². The number of likely N-dealkylation sites (N-methyl/N-ethyl adjacent to an activating group) is 1. The Hall–Kier alpha value is -1.63. The first-order valence-electron chi connectivity index (χ1n) is 6.64. The zero-order chi connectivity index (χ0) is 14.4. The number of anilines is 1. The van der Waals surface area contributed by atoms with E-state index in [1.165, 1.54) is 6.08 Å². The molecule has 1 aliphatic heterocycles. The second-order valence-electron chi connectivity index (χ2n) is 4.70. The van der Waals surface area contributed by atoms with E-state index >= 15 is 0 Å². The maximum absolute atomic E-state index is 11.3. The zero-order valence-electron chi connectivity index (χ0n) is 11.7. The van der Waals surface area contributed by atoms with E-state index < -0.39 is 0 Å². The first-order valence-corrected chi connectivity index (χ1v) is 6.64. The van der Waals surface area contributed by atoms with Crippen LogP contribution in [0.3, 0.4) is 0 Å². The number of hydrogen-bond donors (Lipinski definition) is 1. The lowest BCUT2D eigenvalue weighted by Gasteiger charge is -2.24. The first kappa shape index (κ1) is 14.8. The Morgan fingerprint density at radius 1 is 1.40 bits per heavy atom. The minimum absolute atomic E-state index is 0.233. The molecule has 1 heterocycles. The van der Waals surface area contributed by atoms with Gasteiger partial charge in [0.1, 0.15) is 0 Å². The molecule has 0 bridgehead atoms. The van der Waals surface area contributed by atoms with E-state index in [2.05, 4.69) is 16.8 Å². The van der Waals surface area contributed by atoms with Crippen LogP contribution in [0.15, 0.2) is 36.9 Å². The monoisotopic (exact) mass is 274 g/mol. The Morgan fingerprint density at radius 3 is 2.75 bits per heavy atom. The van der Waals surface area contributed by atoms with Crippen LogP contribution < -0.4 is 10.8 Å². The molecule has 0 radical (unpaired) electrons. The van der Waals surface area contributed by atoms with Crippen LogP contribution in [-0.2, 0) is 14.1 Å². The van der Waals surface area contributed by atoms with Crippen molar-refractivity contribution in [3.8, 4) is 0 Å². The Balaban J connectivity index is 2.05. The van der Waals surface area contributed by atoms with Crippen LogP contribution in [0.4, 0.5) is 5.69 Å². The number of benzene rings is 1. The Morgan fingerprint density at radius 2 is 2.10 bits per heavy atom. The van der Waals surface area contributed by atoms with Gasteiger partial charge >= 0.3 is 7.12 Å². The zero-order valence-corrected chi connectivity index (χ0v) is 11.7. The molecule has 0 saturated carbocycles. The minimum Gasteiger partial charge on any atom is -0.406 e. The van der Waals surface area contributed by atoms with Crippen LogP contribution in [0.1, 0.15) is 0 Å². The van der Waals surface area contributed by atoms with E-state index in [-0.39, 0.29) is 13.0 Å². The molecule has 1 amide bonds. The molecule has 1 aromatic rings. The van der Waals surface area contributed by atoms with E-state index in [0.717, 1.165) is 18.6 Å². The number of nitrogens with one attached hydrogen (secondary N) is 1. The summed E-state index contributed by atoms with van der Waals surface area (Å²) in [6, 6.07) is 7.48. The number of amides is 1. The third-order valence-corrected chi connectivity index (χ3v) is 3.10. The van der Waals surface area contributed by atoms with Crippen molar-refractivity contribution in [3.05, 3.63) is 36.9 Å². The predicted molar refractivity (Wildman–Crippen MR) is 80.1 cm³/mol. The molecule has 0 atom stereocenters. The van der Waals surface area contributed by atoms with E-state index in [9.17, 15) is 4.79 Å². The average molecular weight is 274 g/mol. The lowest BCUT2D eigenvalue weighted by Crippen LogP contribution is -2.43. The molecular weight excluding hydrogens is 255 g/mol. The van der Waals surface area contributed by atoms with Crippen LogP contribution in [0.5, 0.6) is 0 Å². The molecule has 0 unspecified atom stereocenters. The highest BCUT2D eigenvalue weighted by Gasteiger charge is 2.23. The van der Waals surface area contributed by atoms with Gasteiger partial charge in [0.2, 0.25) is 5.91 Å². The fraction of sp³-hybridized carbons (Fsp3) is 0.357. The topological polar surface area (TPSA) is 50.8 Å². The molecule has 0 aliphatic carbocycles. The van der Waals surface area contributed by atoms with Gasteiger partial charge in [-0.1, -0.05) is 18.7 Å². The summed E-state index contributed by atoms with van der Waals surface area (Å²) in [7, 11) is 1.66. The molecule has 20 heavy (non-hydrogen) atoms. The highest BCUT2D eigenvalue weighted by atomic mass is 16.6. The van der Waals surface area contributed by atoms with Gasteiger partial charge in [0, 0.05) is 32.0 Å². The Kier molecular flexibility index (Phi) is 5.35. The predicted octanol–water partition coefficient (Wildman–Crippen LogP) is 0.485. The lowest BCUT2D eigenvalue weighted by molar-refractivity contribution is -0.111. The van der Waals surface area contributed by atoms with Crippen LogP contribution in [0.25, 0.3) is 0 Å². The Bertz CT molecular complexity index is 471. The van der Waals surface area contributed by atoms with Crippen molar-refractivity contribution in [1.29, 1.82) is 0 Å².